The maximum Gasteiger partial charge on any atom is 0.128 e. The molecule has 3 nitrogen and oxygen atoms in total. The summed E-state index contributed by atoms with van der Waals surface area (Å²) in [6.07, 6.45) is 6.50. The molecule has 0 bridgehead atoms. The quantitative estimate of drug-likeness (QED) is 0.711. The highest BCUT2D eigenvalue weighted by Crippen LogP contribution is 2.31. The molecular weight excluding hydrogens is 176 g/mol. The Bertz CT molecular complexity index is 297. The lowest BCUT2D eigenvalue weighted by Gasteiger charge is -2.02. The number of methoxy groups -OCH3 is 1. The van der Waals surface area contributed by atoms with Gasteiger partial charge in [-0.25, -0.2) is 9.97 Å². The average Bonchev–Trinajstić information content (AvgIpc) is 2.99. The van der Waals surface area contributed by atoms with Gasteiger partial charge in [0.15, 0.2) is 0 Å². The fourth-order valence-electron chi connectivity index (χ4n) is 1.47. The molecule has 76 valence electrons. The monoisotopic (exact) mass is 192 g/mol. The first-order valence-electron chi connectivity index (χ1n) is 5.18. The molecule has 1 heterocycles. The molecule has 0 N–H and O–H groups in total. The molecule has 0 amide bonds. The van der Waals surface area contributed by atoms with Crippen molar-refractivity contribution >= 4 is 0 Å². The van der Waals surface area contributed by atoms with Gasteiger partial charge in [0, 0.05) is 31.8 Å². The molecule has 2 rings (SSSR count). The van der Waals surface area contributed by atoms with E-state index in [-0.39, 0.29) is 0 Å². The van der Waals surface area contributed by atoms with Gasteiger partial charge in [-0.15, -0.1) is 0 Å². The molecule has 1 aromatic heterocycles. The SMILES string of the molecule is COCCc1ccnc(CC2CC2)n1. The van der Waals surface area contributed by atoms with Crippen LogP contribution in [0.15, 0.2) is 12.3 Å². The summed E-state index contributed by atoms with van der Waals surface area (Å²) in [5.74, 6) is 1.86. The fraction of sp³-hybridized carbons (Fsp3) is 0.636. The molecule has 1 aliphatic carbocycles. The summed E-state index contributed by atoms with van der Waals surface area (Å²) in [6, 6.07) is 1.97. The van der Waals surface area contributed by atoms with E-state index in [4.69, 9.17) is 4.74 Å². The third-order valence-electron chi connectivity index (χ3n) is 2.49. The molecule has 3 heteroatoms. The minimum atomic E-state index is 0.736. The Morgan fingerprint density at radius 1 is 1.50 bits per heavy atom. The highest BCUT2D eigenvalue weighted by Gasteiger charge is 2.22. The summed E-state index contributed by atoms with van der Waals surface area (Å²) >= 11 is 0. The first-order chi connectivity index (χ1) is 6.88. The zero-order valence-corrected chi connectivity index (χ0v) is 8.57. The Morgan fingerprint density at radius 3 is 3.07 bits per heavy atom. The van der Waals surface area contributed by atoms with Crippen molar-refractivity contribution in [2.24, 2.45) is 5.92 Å². The molecule has 0 aliphatic heterocycles. The number of nitrogens with zero attached hydrogens (tertiary/aromatic N) is 2. The summed E-state index contributed by atoms with van der Waals surface area (Å²) in [6.45, 7) is 0.736. The van der Waals surface area contributed by atoms with Crippen molar-refractivity contribution < 1.29 is 4.74 Å². The molecule has 0 saturated heterocycles. The van der Waals surface area contributed by atoms with Gasteiger partial charge in [-0.1, -0.05) is 0 Å². The van der Waals surface area contributed by atoms with Gasteiger partial charge in [-0.3, -0.25) is 0 Å². The minimum absolute atomic E-state index is 0.736. The molecule has 1 aromatic rings. The second-order valence-electron chi connectivity index (χ2n) is 3.85. The van der Waals surface area contributed by atoms with Crippen LogP contribution < -0.4 is 0 Å². The van der Waals surface area contributed by atoms with Crippen LogP contribution in [-0.4, -0.2) is 23.7 Å². The Kier molecular flexibility index (Phi) is 3.09. The molecule has 1 fully saturated rings. The molecule has 14 heavy (non-hydrogen) atoms. The van der Waals surface area contributed by atoms with E-state index in [0.29, 0.717) is 0 Å². The first-order valence-corrected chi connectivity index (χ1v) is 5.18. The summed E-state index contributed by atoms with van der Waals surface area (Å²) in [4.78, 5) is 8.78. The number of aromatic nitrogens is 2. The molecule has 0 aromatic carbocycles. The number of hydrogen-bond acceptors (Lipinski definition) is 3. The van der Waals surface area contributed by atoms with Gasteiger partial charge in [0.1, 0.15) is 5.82 Å². The van der Waals surface area contributed by atoms with Gasteiger partial charge in [0.25, 0.3) is 0 Å². The van der Waals surface area contributed by atoms with E-state index >= 15 is 0 Å². The molecule has 0 atom stereocenters. The van der Waals surface area contributed by atoms with E-state index < -0.39 is 0 Å². The lowest BCUT2D eigenvalue weighted by molar-refractivity contribution is 0.201. The molecule has 1 aliphatic rings. The van der Waals surface area contributed by atoms with Gasteiger partial charge >= 0.3 is 0 Å². The van der Waals surface area contributed by atoms with E-state index in [1.165, 1.54) is 12.8 Å². The van der Waals surface area contributed by atoms with E-state index in [1.807, 2.05) is 12.3 Å². The summed E-state index contributed by atoms with van der Waals surface area (Å²) in [5, 5.41) is 0. The van der Waals surface area contributed by atoms with E-state index in [2.05, 4.69) is 9.97 Å². The average molecular weight is 192 g/mol. The van der Waals surface area contributed by atoms with E-state index in [9.17, 15) is 0 Å². The first kappa shape index (κ1) is 9.59. The van der Waals surface area contributed by atoms with Crippen LogP contribution in [0.4, 0.5) is 0 Å². The van der Waals surface area contributed by atoms with Crippen molar-refractivity contribution in [1.29, 1.82) is 0 Å². The predicted molar refractivity (Wildman–Crippen MR) is 54.0 cm³/mol. The van der Waals surface area contributed by atoms with Crippen LogP contribution in [0.25, 0.3) is 0 Å². The molecule has 0 spiro atoms. The van der Waals surface area contributed by atoms with Crippen LogP contribution in [0, 0.1) is 5.92 Å². The number of hydrogen-bond donors (Lipinski definition) is 0. The Hall–Kier alpha value is -0.960. The van der Waals surface area contributed by atoms with Crippen molar-refractivity contribution in [2.75, 3.05) is 13.7 Å². The normalized spacial score (nSPS) is 15.8. The van der Waals surface area contributed by atoms with Crippen molar-refractivity contribution in [3.05, 3.63) is 23.8 Å². The van der Waals surface area contributed by atoms with Gasteiger partial charge in [-0.2, -0.15) is 0 Å². The highest BCUT2D eigenvalue weighted by molar-refractivity contribution is 5.04. The zero-order chi connectivity index (χ0) is 9.80. The van der Waals surface area contributed by atoms with Gasteiger partial charge in [0.05, 0.1) is 6.61 Å². The fourth-order valence-corrected chi connectivity index (χ4v) is 1.47. The van der Waals surface area contributed by atoms with Gasteiger partial charge in [0.2, 0.25) is 0 Å². The smallest absolute Gasteiger partial charge is 0.128 e. The van der Waals surface area contributed by atoms with Crippen LogP contribution in [-0.2, 0) is 17.6 Å². The van der Waals surface area contributed by atoms with Gasteiger partial charge in [-0.05, 0) is 24.8 Å². The molecule has 1 saturated carbocycles. The van der Waals surface area contributed by atoms with Gasteiger partial charge < -0.3 is 4.74 Å². The second kappa shape index (κ2) is 4.51. The maximum absolute atomic E-state index is 5.02. The molecular formula is C11H16N2O. The van der Waals surface area contributed by atoms with Crippen molar-refractivity contribution in [2.45, 2.75) is 25.7 Å². The van der Waals surface area contributed by atoms with Crippen LogP contribution in [0.3, 0.4) is 0 Å². The van der Waals surface area contributed by atoms with Crippen LogP contribution in [0.2, 0.25) is 0 Å². The maximum atomic E-state index is 5.02. The lowest BCUT2D eigenvalue weighted by Crippen LogP contribution is -2.02. The topological polar surface area (TPSA) is 35.0 Å². The zero-order valence-electron chi connectivity index (χ0n) is 8.57. The van der Waals surface area contributed by atoms with Crippen LogP contribution >= 0.6 is 0 Å². The van der Waals surface area contributed by atoms with Crippen molar-refractivity contribution in [1.82, 2.24) is 9.97 Å². The summed E-state index contributed by atoms with van der Waals surface area (Å²) in [7, 11) is 1.71. The third-order valence-corrected chi connectivity index (χ3v) is 2.49. The van der Waals surface area contributed by atoms with Crippen molar-refractivity contribution in [3.8, 4) is 0 Å². The standard InChI is InChI=1S/C11H16N2O/c1-14-7-5-10-4-6-12-11(13-10)8-9-2-3-9/h4,6,9H,2-3,5,7-8H2,1H3. The largest absolute Gasteiger partial charge is 0.384 e. The number of ether oxygens (including phenoxy) is 1. The Labute approximate surface area is 84.5 Å². The predicted octanol–water partition coefficient (Wildman–Crippen LogP) is 1.62. The lowest BCUT2D eigenvalue weighted by atomic mass is 10.2. The molecule has 0 radical (unpaired) electrons. The van der Waals surface area contributed by atoms with Crippen LogP contribution in [0.1, 0.15) is 24.4 Å². The summed E-state index contributed by atoms with van der Waals surface area (Å²) in [5.41, 5.74) is 1.09. The van der Waals surface area contributed by atoms with E-state index in [0.717, 1.165) is 36.9 Å². The minimum Gasteiger partial charge on any atom is -0.384 e. The third kappa shape index (κ3) is 2.77. The van der Waals surface area contributed by atoms with Crippen molar-refractivity contribution in [3.63, 3.8) is 0 Å². The summed E-state index contributed by atoms with van der Waals surface area (Å²) < 4.78 is 5.02. The number of rotatable bonds is 5. The second-order valence-corrected chi connectivity index (χ2v) is 3.85. The Morgan fingerprint density at radius 2 is 2.36 bits per heavy atom. The van der Waals surface area contributed by atoms with E-state index in [1.54, 1.807) is 7.11 Å². The molecule has 0 unspecified atom stereocenters. The van der Waals surface area contributed by atoms with Crippen LogP contribution in [0.5, 0.6) is 0 Å². The highest BCUT2D eigenvalue weighted by atomic mass is 16.5. The Balaban J connectivity index is 1.94.